The van der Waals surface area contributed by atoms with Crippen LogP contribution in [0.5, 0.6) is 0 Å². The third kappa shape index (κ3) is 3.63. The summed E-state index contributed by atoms with van der Waals surface area (Å²) < 4.78 is 6.46. The zero-order valence-corrected chi connectivity index (χ0v) is 14.3. The molecule has 1 aliphatic rings. The number of aliphatic hydroxyl groups excluding tert-OH is 1. The lowest BCUT2D eigenvalue weighted by Crippen LogP contribution is -2.49. The van der Waals surface area contributed by atoms with Crippen molar-refractivity contribution in [3.8, 4) is 11.3 Å². The molecule has 1 aromatic heterocycles. The van der Waals surface area contributed by atoms with Gasteiger partial charge in [-0.2, -0.15) is 5.10 Å². The Balaban J connectivity index is 1.74. The Hall–Kier alpha value is -1.70. The smallest absolute Gasteiger partial charge is 0.272 e. The van der Waals surface area contributed by atoms with Gasteiger partial charge in [-0.3, -0.25) is 9.89 Å². The minimum atomic E-state index is -0.606. The molecule has 7 heteroatoms. The van der Waals surface area contributed by atoms with Crippen LogP contribution in [0.2, 0.25) is 0 Å². The average Bonchev–Trinajstić information content (AvgIpc) is 3.05. The topological polar surface area (TPSA) is 78.5 Å². The molecule has 1 fully saturated rings. The summed E-state index contributed by atoms with van der Waals surface area (Å²) in [5.41, 5.74) is 2.10. The van der Waals surface area contributed by atoms with Crippen molar-refractivity contribution < 1.29 is 14.6 Å². The normalized spacial score (nSPS) is 19.6. The molecule has 3 rings (SSSR count). The predicted molar refractivity (Wildman–Crippen MR) is 89.0 cm³/mol. The number of halogens is 1. The van der Waals surface area contributed by atoms with Gasteiger partial charge in [0.25, 0.3) is 5.91 Å². The van der Waals surface area contributed by atoms with E-state index in [0.717, 1.165) is 15.7 Å². The molecule has 1 saturated heterocycles. The summed E-state index contributed by atoms with van der Waals surface area (Å²) >= 11 is 3.39. The minimum Gasteiger partial charge on any atom is -0.391 e. The van der Waals surface area contributed by atoms with Gasteiger partial charge >= 0.3 is 0 Å². The molecule has 1 amide bonds. The van der Waals surface area contributed by atoms with Crippen molar-refractivity contribution in [3.05, 3.63) is 40.5 Å². The fourth-order valence-electron chi connectivity index (χ4n) is 2.52. The number of hydrogen-bond donors (Lipinski definition) is 2. The standard InChI is InChI=1S/C16H18BrN3O3/c1-10(21)15-9-20(6-7-23-15)16(22)14-8-13(18-19-14)11-2-4-12(17)5-3-11/h2-5,8,10,15,21H,6-7,9H2,1H3,(H,18,19)/t10-,15?/m1/s1. The van der Waals surface area contributed by atoms with E-state index in [1.807, 2.05) is 24.3 Å². The molecular formula is C16H18BrN3O3. The lowest BCUT2D eigenvalue weighted by molar-refractivity contribution is -0.0746. The van der Waals surface area contributed by atoms with E-state index in [1.54, 1.807) is 17.9 Å². The number of carbonyl (C=O) groups excluding carboxylic acids is 1. The third-order valence-corrected chi connectivity index (χ3v) is 4.40. The van der Waals surface area contributed by atoms with E-state index in [2.05, 4.69) is 26.1 Å². The molecule has 0 spiro atoms. The van der Waals surface area contributed by atoms with E-state index in [9.17, 15) is 9.90 Å². The largest absolute Gasteiger partial charge is 0.391 e. The van der Waals surface area contributed by atoms with Crippen LogP contribution in [0.4, 0.5) is 0 Å². The number of aliphatic hydroxyl groups is 1. The molecule has 1 aromatic carbocycles. The molecule has 0 bridgehead atoms. The third-order valence-electron chi connectivity index (χ3n) is 3.87. The maximum atomic E-state index is 12.6. The van der Waals surface area contributed by atoms with Crippen molar-refractivity contribution in [1.29, 1.82) is 0 Å². The zero-order valence-electron chi connectivity index (χ0n) is 12.7. The Bertz CT molecular complexity index is 684. The van der Waals surface area contributed by atoms with Gasteiger partial charge in [-0.1, -0.05) is 28.1 Å². The van der Waals surface area contributed by atoms with Gasteiger partial charge in [0.1, 0.15) is 11.8 Å². The van der Waals surface area contributed by atoms with E-state index in [4.69, 9.17) is 4.74 Å². The highest BCUT2D eigenvalue weighted by Crippen LogP contribution is 2.21. The molecule has 0 aliphatic carbocycles. The number of rotatable bonds is 3. The highest BCUT2D eigenvalue weighted by atomic mass is 79.9. The quantitative estimate of drug-likeness (QED) is 0.855. The number of nitrogens with one attached hydrogen (secondary N) is 1. The predicted octanol–water partition coefficient (Wildman–Crippen LogP) is 2.06. The summed E-state index contributed by atoms with van der Waals surface area (Å²) in [6.07, 6.45) is -0.952. The number of amides is 1. The van der Waals surface area contributed by atoms with Crippen LogP contribution in [-0.2, 0) is 4.74 Å². The molecule has 0 radical (unpaired) electrons. The highest BCUT2D eigenvalue weighted by molar-refractivity contribution is 9.10. The maximum absolute atomic E-state index is 12.6. The zero-order chi connectivity index (χ0) is 16.4. The summed E-state index contributed by atoms with van der Waals surface area (Å²) in [6, 6.07) is 9.49. The number of hydrogen-bond acceptors (Lipinski definition) is 4. The van der Waals surface area contributed by atoms with Crippen LogP contribution < -0.4 is 0 Å². The summed E-state index contributed by atoms with van der Waals surface area (Å²) in [6.45, 7) is 2.98. The maximum Gasteiger partial charge on any atom is 0.272 e. The van der Waals surface area contributed by atoms with Crippen molar-refractivity contribution in [1.82, 2.24) is 15.1 Å². The molecule has 0 saturated carbocycles. The number of aromatic amines is 1. The number of ether oxygens (including phenoxy) is 1. The highest BCUT2D eigenvalue weighted by Gasteiger charge is 2.28. The number of aromatic nitrogens is 2. The molecule has 2 atom stereocenters. The van der Waals surface area contributed by atoms with Crippen molar-refractivity contribution in [3.63, 3.8) is 0 Å². The van der Waals surface area contributed by atoms with Crippen LogP contribution in [0.3, 0.4) is 0 Å². The summed E-state index contributed by atoms with van der Waals surface area (Å²) in [7, 11) is 0. The van der Waals surface area contributed by atoms with Crippen molar-refractivity contribution >= 4 is 21.8 Å². The van der Waals surface area contributed by atoms with E-state index >= 15 is 0 Å². The lowest BCUT2D eigenvalue weighted by Gasteiger charge is -2.33. The Morgan fingerprint density at radius 3 is 2.91 bits per heavy atom. The van der Waals surface area contributed by atoms with Crippen LogP contribution in [0.15, 0.2) is 34.8 Å². The van der Waals surface area contributed by atoms with Crippen molar-refractivity contribution in [2.24, 2.45) is 0 Å². The molecule has 2 N–H and O–H groups in total. The SMILES string of the molecule is C[C@@H](O)C1CN(C(=O)c2cc(-c3ccc(Br)cc3)n[nH]2)CCO1. The molecule has 2 aromatic rings. The molecule has 6 nitrogen and oxygen atoms in total. The number of nitrogens with zero attached hydrogens (tertiary/aromatic N) is 2. The second-order valence-corrected chi connectivity index (χ2v) is 6.49. The van der Waals surface area contributed by atoms with E-state index in [0.29, 0.717) is 25.4 Å². The lowest BCUT2D eigenvalue weighted by atomic mass is 10.1. The molecule has 2 heterocycles. The molecule has 122 valence electrons. The van der Waals surface area contributed by atoms with Gasteiger partial charge in [-0.05, 0) is 25.1 Å². The van der Waals surface area contributed by atoms with Gasteiger partial charge in [-0.15, -0.1) is 0 Å². The monoisotopic (exact) mass is 379 g/mol. The first-order chi connectivity index (χ1) is 11.0. The van der Waals surface area contributed by atoms with Gasteiger partial charge in [0.15, 0.2) is 0 Å². The second-order valence-electron chi connectivity index (χ2n) is 5.57. The first kappa shape index (κ1) is 16.2. The van der Waals surface area contributed by atoms with Gasteiger partial charge in [-0.25, -0.2) is 0 Å². The van der Waals surface area contributed by atoms with Gasteiger partial charge < -0.3 is 14.7 Å². The number of morpholine rings is 1. The van der Waals surface area contributed by atoms with E-state index < -0.39 is 6.10 Å². The number of H-pyrrole nitrogens is 1. The summed E-state index contributed by atoms with van der Waals surface area (Å²) in [5, 5.41) is 16.7. The molecule has 1 unspecified atom stereocenters. The first-order valence-electron chi connectivity index (χ1n) is 7.45. The van der Waals surface area contributed by atoms with Crippen molar-refractivity contribution in [2.75, 3.05) is 19.7 Å². The Kier molecular flexibility index (Phi) is 4.79. The minimum absolute atomic E-state index is 0.130. The molecule has 23 heavy (non-hydrogen) atoms. The number of carbonyl (C=O) groups is 1. The molecule has 1 aliphatic heterocycles. The van der Waals surface area contributed by atoms with Crippen molar-refractivity contribution in [2.45, 2.75) is 19.1 Å². The van der Waals surface area contributed by atoms with E-state index in [-0.39, 0.29) is 12.0 Å². The Labute approximate surface area is 142 Å². The average molecular weight is 380 g/mol. The van der Waals surface area contributed by atoms with Crippen LogP contribution in [0.1, 0.15) is 17.4 Å². The number of benzene rings is 1. The van der Waals surface area contributed by atoms with Crippen LogP contribution in [0.25, 0.3) is 11.3 Å². The molecular weight excluding hydrogens is 362 g/mol. The van der Waals surface area contributed by atoms with Gasteiger partial charge in [0.2, 0.25) is 0 Å². The van der Waals surface area contributed by atoms with Crippen LogP contribution in [0, 0.1) is 0 Å². The fourth-order valence-corrected chi connectivity index (χ4v) is 2.79. The van der Waals surface area contributed by atoms with Crippen LogP contribution >= 0.6 is 15.9 Å². The summed E-state index contributed by atoms with van der Waals surface area (Å²) in [5.74, 6) is -0.130. The second kappa shape index (κ2) is 6.82. The van der Waals surface area contributed by atoms with Crippen LogP contribution in [-0.4, -0.2) is 58.0 Å². The Morgan fingerprint density at radius 2 is 2.22 bits per heavy atom. The Morgan fingerprint density at radius 1 is 1.48 bits per heavy atom. The fraction of sp³-hybridized carbons (Fsp3) is 0.375. The van der Waals surface area contributed by atoms with Gasteiger partial charge in [0.05, 0.1) is 18.4 Å². The summed E-state index contributed by atoms with van der Waals surface area (Å²) in [4.78, 5) is 14.3. The first-order valence-corrected chi connectivity index (χ1v) is 8.24. The van der Waals surface area contributed by atoms with E-state index in [1.165, 1.54) is 0 Å². The van der Waals surface area contributed by atoms with Gasteiger partial charge in [0, 0.05) is 23.1 Å².